The van der Waals surface area contributed by atoms with Crippen LogP contribution in [-0.2, 0) is 0 Å². The van der Waals surface area contributed by atoms with Gasteiger partial charge in [-0.15, -0.1) is 0 Å². The van der Waals surface area contributed by atoms with E-state index in [-0.39, 0.29) is 0 Å². The fraction of sp³-hybridized carbons (Fsp3) is 1.00. The van der Waals surface area contributed by atoms with Gasteiger partial charge in [0.25, 0.3) is 0 Å². The summed E-state index contributed by atoms with van der Waals surface area (Å²) in [6.45, 7) is 2.33. The van der Waals surface area contributed by atoms with Crippen LogP contribution in [0, 0.1) is 5.92 Å². The second-order valence-corrected chi connectivity index (χ2v) is 2.80. The Kier molecular flexibility index (Phi) is 1.90. The molecule has 1 saturated carbocycles. The molecular weight excluding hydrogens is 98.1 g/mol. The van der Waals surface area contributed by atoms with Crippen molar-refractivity contribution in [2.75, 3.05) is 7.05 Å². The van der Waals surface area contributed by atoms with Gasteiger partial charge in [-0.2, -0.15) is 0 Å². The average Bonchev–Trinajstić information content (AvgIpc) is 2.14. The third-order valence-corrected chi connectivity index (χ3v) is 2.23. The fourth-order valence-electron chi connectivity index (χ4n) is 1.57. The highest BCUT2D eigenvalue weighted by molar-refractivity contribution is 4.78. The van der Waals surface area contributed by atoms with E-state index in [4.69, 9.17) is 0 Å². The number of hydrogen-bond donors (Lipinski definition) is 1. The maximum atomic E-state index is 3.31. The Labute approximate surface area is 51.5 Å². The lowest BCUT2D eigenvalue weighted by Gasteiger charge is -2.12. The van der Waals surface area contributed by atoms with Crippen molar-refractivity contribution in [3.63, 3.8) is 0 Å². The van der Waals surface area contributed by atoms with Crippen LogP contribution in [0.15, 0.2) is 0 Å². The Hall–Kier alpha value is -0.0400. The van der Waals surface area contributed by atoms with E-state index in [0.29, 0.717) is 0 Å². The first kappa shape index (κ1) is 6.09. The van der Waals surface area contributed by atoms with Crippen molar-refractivity contribution in [1.29, 1.82) is 0 Å². The van der Waals surface area contributed by atoms with E-state index in [2.05, 4.69) is 19.3 Å². The van der Waals surface area contributed by atoms with E-state index in [1.54, 1.807) is 0 Å². The molecule has 1 nitrogen and oxygen atoms in total. The van der Waals surface area contributed by atoms with Crippen molar-refractivity contribution >= 4 is 0 Å². The summed E-state index contributed by atoms with van der Waals surface area (Å²) in [6.07, 6.45) is 4.23. The molecule has 0 heterocycles. The minimum absolute atomic E-state index is 0.815. The van der Waals surface area contributed by atoms with E-state index in [1.165, 1.54) is 19.3 Å². The van der Waals surface area contributed by atoms with Crippen LogP contribution in [0.5, 0.6) is 0 Å². The molecule has 1 heteroatoms. The summed E-state index contributed by atoms with van der Waals surface area (Å²) in [7, 11) is 2.06. The van der Waals surface area contributed by atoms with Crippen LogP contribution in [0.25, 0.3) is 0 Å². The maximum Gasteiger partial charge on any atom is 0.00896 e. The Morgan fingerprint density at radius 2 is 2.12 bits per heavy atom. The molecule has 0 bridgehead atoms. The molecule has 0 radical (unpaired) electrons. The zero-order chi connectivity index (χ0) is 5.98. The summed E-state index contributed by atoms with van der Waals surface area (Å²) in [5.41, 5.74) is 0. The van der Waals surface area contributed by atoms with Gasteiger partial charge in [0.05, 0.1) is 0 Å². The normalized spacial score (nSPS) is 38.2. The van der Waals surface area contributed by atoms with Gasteiger partial charge >= 0.3 is 0 Å². The number of rotatable bonds is 1. The predicted octanol–water partition coefficient (Wildman–Crippen LogP) is 1.39. The molecule has 0 spiro atoms. The molecule has 1 N–H and O–H groups in total. The summed E-state index contributed by atoms with van der Waals surface area (Å²) in [5.74, 6) is 0.917. The van der Waals surface area contributed by atoms with Gasteiger partial charge in [-0.25, -0.2) is 0 Å². The predicted molar refractivity (Wildman–Crippen MR) is 35.9 cm³/mol. The molecule has 0 saturated heterocycles. The van der Waals surface area contributed by atoms with Crippen LogP contribution in [0.4, 0.5) is 0 Å². The molecule has 0 aromatic rings. The van der Waals surface area contributed by atoms with Crippen molar-refractivity contribution < 1.29 is 0 Å². The lowest BCUT2D eigenvalue weighted by molar-refractivity contribution is 0.459. The summed E-state index contributed by atoms with van der Waals surface area (Å²) >= 11 is 0. The van der Waals surface area contributed by atoms with Gasteiger partial charge < -0.3 is 5.32 Å². The van der Waals surface area contributed by atoms with Gasteiger partial charge in [0, 0.05) is 6.04 Å². The molecule has 0 aromatic heterocycles. The summed E-state index contributed by atoms with van der Waals surface area (Å²) in [5, 5.41) is 3.31. The smallest absolute Gasteiger partial charge is 0.00896 e. The third-order valence-electron chi connectivity index (χ3n) is 2.23. The third kappa shape index (κ3) is 1.03. The largest absolute Gasteiger partial charge is 0.317 e. The fourth-order valence-corrected chi connectivity index (χ4v) is 1.57. The molecule has 48 valence electrons. The highest BCUT2D eigenvalue weighted by Crippen LogP contribution is 2.23. The monoisotopic (exact) mass is 113 g/mol. The first-order chi connectivity index (χ1) is 3.84. The van der Waals surface area contributed by atoms with Crippen molar-refractivity contribution in [3.05, 3.63) is 0 Å². The molecule has 1 fully saturated rings. The first-order valence-corrected chi connectivity index (χ1v) is 3.52. The van der Waals surface area contributed by atoms with Gasteiger partial charge in [0.2, 0.25) is 0 Å². The zero-order valence-electron chi connectivity index (χ0n) is 5.78. The molecule has 1 aliphatic carbocycles. The molecule has 2 atom stereocenters. The molecule has 1 aliphatic rings. The van der Waals surface area contributed by atoms with Crippen LogP contribution in [0.1, 0.15) is 26.2 Å². The Balaban J connectivity index is 2.30. The quantitative estimate of drug-likeness (QED) is 0.542. The SMILES string of the molecule is CN[C@@H]1CCC[C@@H]1C. The van der Waals surface area contributed by atoms with Crippen molar-refractivity contribution in [3.8, 4) is 0 Å². The molecule has 8 heavy (non-hydrogen) atoms. The van der Waals surface area contributed by atoms with Gasteiger partial charge in [-0.05, 0) is 25.8 Å². The highest BCUT2D eigenvalue weighted by Gasteiger charge is 2.20. The number of nitrogens with one attached hydrogen (secondary N) is 1. The summed E-state index contributed by atoms with van der Waals surface area (Å²) in [4.78, 5) is 0. The topological polar surface area (TPSA) is 12.0 Å². The van der Waals surface area contributed by atoms with E-state index < -0.39 is 0 Å². The van der Waals surface area contributed by atoms with Crippen molar-refractivity contribution in [2.45, 2.75) is 32.2 Å². The van der Waals surface area contributed by atoms with Gasteiger partial charge in [-0.1, -0.05) is 13.3 Å². The maximum absolute atomic E-state index is 3.31. The first-order valence-electron chi connectivity index (χ1n) is 3.52. The van der Waals surface area contributed by atoms with E-state index in [9.17, 15) is 0 Å². The molecule has 0 amide bonds. The summed E-state index contributed by atoms with van der Waals surface area (Å²) < 4.78 is 0. The van der Waals surface area contributed by atoms with E-state index in [1.807, 2.05) is 0 Å². The van der Waals surface area contributed by atoms with Gasteiger partial charge in [-0.3, -0.25) is 0 Å². The lowest BCUT2D eigenvalue weighted by Crippen LogP contribution is -2.26. The van der Waals surface area contributed by atoms with Crippen molar-refractivity contribution in [2.24, 2.45) is 5.92 Å². The number of hydrogen-bond acceptors (Lipinski definition) is 1. The van der Waals surface area contributed by atoms with Gasteiger partial charge in [0.1, 0.15) is 0 Å². The molecule has 0 unspecified atom stereocenters. The molecule has 1 rings (SSSR count). The highest BCUT2D eigenvalue weighted by atomic mass is 14.9. The van der Waals surface area contributed by atoms with Crippen LogP contribution in [0.2, 0.25) is 0 Å². The van der Waals surface area contributed by atoms with Gasteiger partial charge in [0.15, 0.2) is 0 Å². The summed E-state index contributed by atoms with van der Waals surface area (Å²) in [6, 6.07) is 0.815. The Morgan fingerprint density at radius 3 is 2.38 bits per heavy atom. The van der Waals surface area contributed by atoms with Crippen LogP contribution in [0.3, 0.4) is 0 Å². The van der Waals surface area contributed by atoms with Crippen molar-refractivity contribution in [1.82, 2.24) is 5.32 Å². The standard InChI is InChI=1S/C7H15N/c1-6-4-3-5-7(6)8-2/h6-8H,3-5H2,1-2H3/t6-,7+/m0/s1. The van der Waals surface area contributed by atoms with E-state index in [0.717, 1.165) is 12.0 Å². The lowest BCUT2D eigenvalue weighted by atomic mass is 10.1. The second-order valence-electron chi connectivity index (χ2n) is 2.80. The minimum Gasteiger partial charge on any atom is -0.317 e. The van der Waals surface area contributed by atoms with Crippen LogP contribution >= 0.6 is 0 Å². The second kappa shape index (κ2) is 2.49. The van der Waals surface area contributed by atoms with E-state index >= 15 is 0 Å². The molecular formula is C7H15N. The van der Waals surface area contributed by atoms with Crippen LogP contribution < -0.4 is 5.32 Å². The average molecular weight is 113 g/mol. The molecule has 0 aliphatic heterocycles. The molecule has 0 aromatic carbocycles. The Bertz CT molecular complexity index is 70.8. The minimum atomic E-state index is 0.815. The zero-order valence-corrected chi connectivity index (χ0v) is 5.78. The Morgan fingerprint density at radius 1 is 1.38 bits per heavy atom. The van der Waals surface area contributed by atoms with Crippen LogP contribution in [-0.4, -0.2) is 13.1 Å².